The molecule has 4 unspecified atom stereocenters. The van der Waals surface area contributed by atoms with Gasteiger partial charge in [-0.15, -0.1) is 0 Å². The van der Waals surface area contributed by atoms with E-state index in [1.54, 1.807) is 42.5 Å². The molecule has 5 fully saturated rings. The summed E-state index contributed by atoms with van der Waals surface area (Å²) in [4.78, 5) is 57.1. The smallest absolute Gasteiger partial charge is 0.356 e. The molecule has 3 aromatic rings. The number of allylic oxidation sites excluding steroid dienone is 1. The van der Waals surface area contributed by atoms with Crippen LogP contribution in [0.3, 0.4) is 0 Å². The standard InChI is InChI=1S/C55H72N4O6/c1-34(2)40-20-26-55(28-27-53(6)41(45(40)55)18-19-43-52(5)24-22-44(60)51(3,4)42(52)21-25-54(43,53)7)50(64)57-30-23-35-11-9-12-38(31-35)48(62)58-32-36-14-16-37(17-15-36)47(61)59-33-39-13-10-29-56-46(39)49(63)65-8/h9-17,29,31,40-45,60H,1,18-28,30,32-33H2,2-8H3,(H,57,64)(H,58,62)(H,59,61)/t40-,41?,42?,43?,44-,45?,52-,53+,54+,55-/m0/s1. The number of esters is 1. The molecule has 5 saturated carbocycles. The first kappa shape index (κ1) is 46.7. The number of rotatable bonds is 12. The van der Waals surface area contributed by atoms with Crippen LogP contribution in [0.1, 0.15) is 154 Å². The van der Waals surface area contributed by atoms with Crippen molar-refractivity contribution in [1.29, 1.82) is 0 Å². The lowest BCUT2D eigenvalue weighted by atomic mass is 9.32. The van der Waals surface area contributed by atoms with Crippen LogP contribution in [-0.2, 0) is 29.0 Å². The number of hydrogen-bond acceptors (Lipinski definition) is 7. The molecule has 10 heteroatoms. The van der Waals surface area contributed by atoms with Gasteiger partial charge in [0, 0.05) is 42.5 Å². The lowest BCUT2D eigenvalue weighted by molar-refractivity contribution is -0.246. The third-order valence-corrected chi connectivity index (χ3v) is 18.8. The van der Waals surface area contributed by atoms with Gasteiger partial charge in [0.15, 0.2) is 5.69 Å². The fraction of sp³-hybridized carbons (Fsp3) is 0.582. The SMILES string of the molecule is C=C(C)[C@@H]1CC[C@]2(C(=O)NCCc3cccc(C(=O)NCc4ccc(C(=O)NCc5cccnc5C(=O)OC)cc4)c3)CC[C@]3(C)C(CCC4[C@@]5(C)CC[C@H](O)C(C)(C)C5CC[C@]43C)C12. The van der Waals surface area contributed by atoms with E-state index in [9.17, 15) is 24.3 Å². The molecule has 0 radical (unpaired) electrons. The molecule has 5 aliphatic rings. The van der Waals surface area contributed by atoms with Gasteiger partial charge in [-0.05, 0) is 170 Å². The molecule has 5 aliphatic carbocycles. The first-order valence-corrected chi connectivity index (χ1v) is 24.3. The quantitative estimate of drug-likeness (QED) is 0.105. The van der Waals surface area contributed by atoms with Crippen LogP contribution in [0.5, 0.6) is 0 Å². The topological polar surface area (TPSA) is 147 Å². The van der Waals surface area contributed by atoms with Crippen molar-refractivity contribution in [3.63, 3.8) is 0 Å². The van der Waals surface area contributed by atoms with Crippen molar-refractivity contribution in [3.05, 3.63) is 113 Å². The lowest BCUT2D eigenvalue weighted by Gasteiger charge is -2.72. The molecule has 0 aliphatic heterocycles. The summed E-state index contributed by atoms with van der Waals surface area (Å²) >= 11 is 0. The minimum atomic E-state index is -0.566. The number of hydrogen-bond donors (Lipinski definition) is 4. The van der Waals surface area contributed by atoms with Crippen molar-refractivity contribution in [3.8, 4) is 0 Å². The van der Waals surface area contributed by atoms with Crippen LogP contribution < -0.4 is 16.0 Å². The van der Waals surface area contributed by atoms with Gasteiger partial charge in [0.25, 0.3) is 11.8 Å². The number of fused-ring (bicyclic) bond motifs is 7. The van der Waals surface area contributed by atoms with Gasteiger partial charge in [-0.1, -0.05) is 77.1 Å². The van der Waals surface area contributed by atoms with E-state index in [4.69, 9.17) is 4.74 Å². The molecule has 3 amide bonds. The third-order valence-electron chi connectivity index (χ3n) is 18.8. The number of carbonyl (C=O) groups is 4. The Labute approximate surface area is 386 Å². The Morgan fingerprint density at radius 2 is 1.49 bits per heavy atom. The van der Waals surface area contributed by atoms with Crippen LogP contribution in [0.25, 0.3) is 0 Å². The van der Waals surface area contributed by atoms with E-state index >= 15 is 0 Å². The molecule has 8 rings (SSSR count). The highest BCUT2D eigenvalue weighted by atomic mass is 16.5. The van der Waals surface area contributed by atoms with Crippen molar-refractivity contribution in [2.24, 2.45) is 56.7 Å². The largest absolute Gasteiger partial charge is 0.464 e. The van der Waals surface area contributed by atoms with Crippen molar-refractivity contribution in [1.82, 2.24) is 20.9 Å². The number of ether oxygens (including phenoxy) is 1. The molecule has 4 N–H and O–H groups in total. The molecule has 10 nitrogen and oxygen atoms in total. The molecule has 1 heterocycles. The highest BCUT2D eigenvalue weighted by molar-refractivity contribution is 5.95. The van der Waals surface area contributed by atoms with Gasteiger partial charge in [0.2, 0.25) is 5.91 Å². The van der Waals surface area contributed by atoms with Crippen LogP contribution in [0.2, 0.25) is 0 Å². The second kappa shape index (κ2) is 17.8. The van der Waals surface area contributed by atoms with Gasteiger partial charge in [0.05, 0.1) is 18.6 Å². The third kappa shape index (κ3) is 8.03. The number of amides is 3. The number of benzene rings is 2. The van der Waals surface area contributed by atoms with Gasteiger partial charge in [-0.3, -0.25) is 14.4 Å². The zero-order valence-electron chi connectivity index (χ0n) is 39.9. The Morgan fingerprint density at radius 3 is 2.23 bits per heavy atom. The minimum absolute atomic E-state index is 0.0709. The predicted molar refractivity (Wildman–Crippen MR) is 252 cm³/mol. The molecular formula is C55H72N4O6. The first-order chi connectivity index (χ1) is 30.9. The summed E-state index contributed by atoms with van der Waals surface area (Å²) in [5, 5.41) is 20.4. The number of pyridine rings is 1. The Kier molecular flexibility index (Phi) is 12.8. The molecule has 0 bridgehead atoms. The van der Waals surface area contributed by atoms with E-state index in [0.717, 1.165) is 56.1 Å². The zero-order valence-corrected chi connectivity index (χ0v) is 39.9. The van der Waals surface area contributed by atoms with Crippen molar-refractivity contribution in [2.45, 2.75) is 131 Å². The Morgan fingerprint density at radius 1 is 0.754 bits per heavy atom. The summed E-state index contributed by atoms with van der Waals surface area (Å²) in [6.07, 6.45) is 12.6. The molecule has 0 spiro atoms. The number of nitrogens with one attached hydrogen (secondary N) is 3. The molecule has 1 aromatic heterocycles. The maximum Gasteiger partial charge on any atom is 0.356 e. The van der Waals surface area contributed by atoms with Crippen molar-refractivity contribution in [2.75, 3.05) is 13.7 Å². The predicted octanol–water partition coefficient (Wildman–Crippen LogP) is 9.41. The molecule has 65 heavy (non-hydrogen) atoms. The average Bonchev–Trinajstić information content (AvgIpc) is 3.70. The summed E-state index contributed by atoms with van der Waals surface area (Å²) in [6, 6.07) is 18.0. The van der Waals surface area contributed by atoms with Gasteiger partial charge in [-0.2, -0.15) is 0 Å². The molecular weight excluding hydrogens is 813 g/mol. The first-order valence-electron chi connectivity index (χ1n) is 24.3. The fourth-order valence-corrected chi connectivity index (χ4v) is 15.1. The number of aliphatic hydroxyl groups excluding tert-OH is 1. The number of nitrogens with zero attached hydrogens (tertiary/aromatic N) is 1. The van der Waals surface area contributed by atoms with Crippen molar-refractivity contribution < 1.29 is 29.0 Å². The Hall–Kier alpha value is -4.83. The lowest BCUT2D eigenvalue weighted by Crippen LogP contribution is -2.67. The second-order valence-corrected chi connectivity index (χ2v) is 22.0. The number of aromatic nitrogens is 1. The van der Waals surface area contributed by atoms with E-state index in [1.807, 2.05) is 18.2 Å². The van der Waals surface area contributed by atoms with Crippen molar-refractivity contribution >= 4 is 23.7 Å². The number of carbonyl (C=O) groups excluding carboxylic acids is 4. The van der Waals surface area contributed by atoms with Crippen LogP contribution in [0, 0.1) is 56.7 Å². The van der Waals surface area contributed by atoms with Crippen LogP contribution in [0.4, 0.5) is 0 Å². The maximum atomic E-state index is 14.8. The number of methoxy groups -OCH3 is 1. The Bertz CT molecular complexity index is 2330. The fourth-order valence-electron chi connectivity index (χ4n) is 15.1. The summed E-state index contributed by atoms with van der Waals surface area (Å²) in [6.45, 7) is 20.1. The van der Waals surface area contributed by atoms with E-state index in [0.29, 0.717) is 53.3 Å². The van der Waals surface area contributed by atoms with Crippen LogP contribution >= 0.6 is 0 Å². The summed E-state index contributed by atoms with van der Waals surface area (Å²) in [7, 11) is 1.29. The van der Waals surface area contributed by atoms with E-state index in [2.05, 4.69) is 69.1 Å². The Balaban J connectivity index is 0.873. The average molecular weight is 885 g/mol. The van der Waals surface area contributed by atoms with Gasteiger partial charge >= 0.3 is 5.97 Å². The minimum Gasteiger partial charge on any atom is -0.464 e. The van der Waals surface area contributed by atoms with Crippen LogP contribution in [-0.4, -0.2) is 53.5 Å². The van der Waals surface area contributed by atoms with E-state index in [-0.39, 0.29) is 70.2 Å². The maximum absolute atomic E-state index is 14.8. The van der Waals surface area contributed by atoms with Gasteiger partial charge in [-0.25, -0.2) is 9.78 Å². The highest BCUT2D eigenvalue weighted by Gasteiger charge is 2.71. The summed E-state index contributed by atoms with van der Waals surface area (Å²) < 4.78 is 4.80. The second-order valence-electron chi connectivity index (χ2n) is 22.0. The normalized spacial score (nSPS) is 33.2. The molecule has 0 saturated heterocycles. The van der Waals surface area contributed by atoms with E-state index in [1.165, 1.54) is 38.1 Å². The van der Waals surface area contributed by atoms with Gasteiger partial charge < -0.3 is 25.8 Å². The van der Waals surface area contributed by atoms with Crippen LogP contribution in [0.15, 0.2) is 79.0 Å². The summed E-state index contributed by atoms with van der Waals surface area (Å²) in [5.41, 5.74) is 4.84. The van der Waals surface area contributed by atoms with Gasteiger partial charge in [0.1, 0.15) is 0 Å². The molecule has 2 aromatic carbocycles. The van der Waals surface area contributed by atoms with E-state index < -0.39 is 11.4 Å². The highest BCUT2D eigenvalue weighted by Crippen LogP contribution is 2.77. The molecule has 10 atom stereocenters. The zero-order chi connectivity index (χ0) is 46.5. The summed E-state index contributed by atoms with van der Waals surface area (Å²) in [5.74, 6) is 1.38. The molecule has 348 valence electrons. The number of aliphatic hydroxyl groups is 1. The monoisotopic (exact) mass is 885 g/mol.